The fraction of sp³-hybridized carbons (Fsp3) is 0. The van der Waals surface area contributed by atoms with Gasteiger partial charge in [0.05, 0.1) is 113 Å². The van der Waals surface area contributed by atoms with Crippen LogP contribution >= 0.6 is 11.8 Å². The molecule has 0 aliphatic carbocycles. The molecule has 0 unspecified atom stereocenters. The first-order valence-corrected chi connectivity index (χ1v) is 50.0. The summed E-state index contributed by atoms with van der Waals surface area (Å²) in [4.78, 5) is 19.8. The third-order valence-corrected chi connectivity index (χ3v) is 33.1. The quantitative estimate of drug-likeness (QED) is 0.148. The number of aromatic nitrogens is 1. The molecular formula is C126H69B3N8O6S. The molecule has 0 saturated heterocycles. The third kappa shape index (κ3) is 9.84. The van der Waals surface area contributed by atoms with Gasteiger partial charge >= 0.3 is 0 Å². The van der Waals surface area contributed by atoms with Crippen LogP contribution in [0.5, 0.6) is 69.0 Å². The largest absolute Gasteiger partial charge is 0.453 e. The predicted octanol–water partition coefficient (Wildman–Crippen LogP) is 28.3. The smallest absolute Gasteiger partial charge is 0.252 e. The van der Waals surface area contributed by atoms with Crippen LogP contribution in [0.4, 0.5) is 119 Å². The Morgan fingerprint density at radius 2 is 0.521 bits per heavy atom. The van der Waals surface area contributed by atoms with Gasteiger partial charge in [-0.3, -0.25) is 0 Å². The minimum Gasteiger partial charge on any atom is -0.453 e. The Hall–Kier alpha value is -18.6. The highest BCUT2D eigenvalue weighted by Gasteiger charge is 2.55. The Labute approximate surface area is 831 Å². The summed E-state index contributed by atoms with van der Waals surface area (Å²) in [6.45, 7) is -0.821. The van der Waals surface area contributed by atoms with Crippen molar-refractivity contribution in [3.63, 3.8) is 0 Å². The fourth-order valence-corrected chi connectivity index (χ4v) is 27.7. The van der Waals surface area contributed by atoms with Crippen molar-refractivity contribution in [1.29, 1.82) is 0 Å². The molecule has 22 aromatic rings. The molecule has 1 aromatic heterocycles. The molecule has 14 nitrogen and oxygen atoms in total. The second kappa shape index (κ2) is 27.7. The summed E-state index contributed by atoms with van der Waals surface area (Å²) < 4.78 is 46.0. The number of anilines is 21. The molecule has 0 N–H and O–H groups in total. The van der Waals surface area contributed by atoms with Crippen LogP contribution in [-0.4, -0.2) is 24.7 Å². The number of ether oxygens (including phenoxy) is 6. The second-order valence-electron chi connectivity index (χ2n) is 39.1. The van der Waals surface area contributed by atoms with E-state index in [9.17, 15) is 0 Å². The molecule has 0 atom stereocenters. The molecule has 0 saturated carbocycles. The molecule has 144 heavy (non-hydrogen) atoms. The lowest BCUT2D eigenvalue weighted by molar-refractivity contribution is 0.476. The molecule has 21 aromatic carbocycles. The number of rotatable bonds is 6. The summed E-state index contributed by atoms with van der Waals surface area (Å²) in [6.07, 6.45) is 0. The summed E-state index contributed by atoms with van der Waals surface area (Å²) in [5.41, 5.74) is 43.8. The lowest BCUT2D eigenvalue weighted by Gasteiger charge is -2.48. The molecule has 0 radical (unpaired) electrons. The molecular weight excluding hydrogens is 1790 g/mol. The molecule has 14 heterocycles. The van der Waals surface area contributed by atoms with Crippen molar-refractivity contribution in [2.45, 2.75) is 9.79 Å². The highest BCUT2D eigenvalue weighted by atomic mass is 32.2. The Morgan fingerprint density at radius 1 is 0.188 bits per heavy atom. The van der Waals surface area contributed by atoms with Crippen molar-refractivity contribution in [2.75, 3.05) is 34.3 Å². The van der Waals surface area contributed by atoms with E-state index in [-0.39, 0.29) is 20.1 Å². The zero-order valence-corrected chi connectivity index (χ0v) is 77.3. The van der Waals surface area contributed by atoms with Gasteiger partial charge in [-0.25, -0.2) is 0 Å². The maximum absolute atomic E-state index is 7.65. The summed E-state index contributed by atoms with van der Waals surface area (Å²) in [5.74, 6) is 9.47. The van der Waals surface area contributed by atoms with E-state index < -0.39 is 0 Å². The lowest BCUT2D eigenvalue weighted by atomic mass is 9.33. The van der Waals surface area contributed by atoms with E-state index in [1.54, 1.807) is 0 Å². The number of nitrogens with zero attached hydrogens (tertiary/aromatic N) is 8. The van der Waals surface area contributed by atoms with Crippen LogP contribution in [0.2, 0.25) is 0 Å². The lowest BCUT2D eigenvalue weighted by Crippen LogP contribution is -2.62. The first kappa shape index (κ1) is 76.3. The average molecular weight is 1860 g/mol. The Balaban J connectivity index is 0.569. The van der Waals surface area contributed by atoms with Gasteiger partial charge in [0.2, 0.25) is 0 Å². The van der Waals surface area contributed by atoms with Gasteiger partial charge in [-0.15, -0.1) is 0 Å². The SMILES string of the molecule is c1ccc(-c2cc(-c3ccccc3)c3c4c2N2c5ccccc5Oc5cccc(c52)B4c2cc(-c4cccc5c4Sc4ccccc4N5c4cc5c6c(c4)N4c7ccccc7Oc7cc(-c8cccc9c8c8ccccc8n9-c8cc9c%10c(c8)N8c%11ccccc%11Oc%11cccc(c%118)B%10c8cccc%10c8N9c8ccccc8O%10)cc(c74)B6c4cccc6c4N5c4ccccc4O6)cc4c2N3c2ccccc2O4)cc1. The zero-order valence-electron chi connectivity index (χ0n) is 76.5. The van der Waals surface area contributed by atoms with E-state index in [0.29, 0.717) is 0 Å². The van der Waals surface area contributed by atoms with Crippen molar-refractivity contribution in [1.82, 2.24) is 4.57 Å². The van der Waals surface area contributed by atoms with Gasteiger partial charge in [-0.2, -0.15) is 0 Å². The van der Waals surface area contributed by atoms with Crippen molar-refractivity contribution < 1.29 is 28.4 Å². The summed E-state index contributed by atoms with van der Waals surface area (Å²) in [5, 5.41) is 2.24. The van der Waals surface area contributed by atoms with Gasteiger partial charge in [0, 0.05) is 54.4 Å². The van der Waals surface area contributed by atoms with Gasteiger partial charge < -0.3 is 67.3 Å². The second-order valence-corrected chi connectivity index (χ2v) is 40.1. The summed E-state index contributed by atoms with van der Waals surface area (Å²) in [7, 11) is 0. The molecule has 0 amide bonds. The minimum atomic E-state index is -0.347. The number of fused-ring (bicyclic) bond motifs is 29. The summed E-state index contributed by atoms with van der Waals surface area (Å²) >= 11 is 1.83. The fourth-order valence-electron chi connectivity index (χ4n) is 26.5. The standard InChI is InChI=1S/C126H69B3N8O6S/c1-3-29-70(30-4-1)79-69-80(71-31-5-2-6-32-71)119-117-118(79)136-92-45-13-20-54-105(92)141-110-59-28-39-84(123(110)136)129(117)86-62-73(64-112-125(86)137(119)93-46-14-21-55-106(93)143-112)77-35-24-49-96-126(77)144-113-60-22-15-47-94(113)131(96)75-67-99-116-100(68-75)135-91-44-12-19-53-104(91)142-111-63-72(61-85(124(111)135)128(116)83-38-27-58-109-122(83)134(99)90-43-11-18-52-103(90)140-109)76-34-23-48-95-114(76)78-33-7-8-40-87(78)130(95)74-65-97-115-98(66-74)133-89-42-10-17-51-102(89)139-108-57-26-37-82(121(108)133)127(115)81-36-25-56-107-120(81)132(97)88-41-9-16-50-101(88)138-107/h1-69H. The predicted molar refractivity (Wildman–Crippen MR) is 584 cm³/mol. The topological polar surface area (TPSA) is 83.0 Å². The Kier molecular flexibility index (Phi) is 14.7. The van der Waals surface area contributed by atoms with Crippen LogP contribution in [0, 0.1) is 0 Å². The molecule has 13 aliphatic heterocycles. The Morgan fingerprint density at radius 3 is 1.00 bits per heavy atom. The van der Waals surface area contributed by atoms with E-state index >= 15 is 0 Å². The van der Waals surface area contributed by atoms with Crippen LogP contribution < -0.4 is 112 Å². The van der Waals surface area contributed by atoms with Gasteiger partial charge in [0.25, 0.3) is 20.1 Å². The van der Waals surface area contributed by atoms with Gasteiger partial charge in [-0.05, 0) is 252 Å². The number of hydrogen-bond donors (Lipinski definition) is 0. The van der Waals surface area contributed by atoms with Crippen molar-refractivity contribution in [3.8, 4) is 119 Å². The highest BCUT2D eigenvalue weighted by molar-refractivity contribution is 8.00. The van der Waals surface area contributed by atoms with E-state index in [0.717, 1.165) is 292 Å². The van der Waals surface area contributed by atoms with Crippen molar-refractivity contribution in [2.24, 2.45) is 0 Å². The molecule has 35 rings (SSSR count). The molecule has 664 valence electrons. The zero-order chi connectivity index (χ0) is 93.0. The maximum atomic E-state index is 7.65. The molecule has 0 bridgehead atoms. The molecule has 13 aliphatic rings. The van der Waals surface area contributed by atoms with Gasteiger partial charge in [-0.1, -0.05) is 260 Å². The first-order chi connectivity index (χ1) is 71.5. The van der Waals surface area contributed by atoms with Crippen LogP contribution in [0.1, 0.15) is 0 Å². The minimum absolute atomic E-state index is 0.155. The van der Waals surface area contributed by atoms with Crippen LogP contribution in [0.15, 0.2) is 428 Å². The average Bonchev–Trinajstić information content (AvgIpc) is 0.763. The monoisotopic (exact) mass is 1850 g/mol. The normalized spacial score (nSPS) is 14.4. The van der Waals surface area contributed by atoms with E-state index in [4.69, 9.17) is 28.4 Å². The summed E-state index contributed by atoms with van der Waals surface area (Å²) in [6, 6.07) is 153. The van der Waals surface area contributed by atoms with E-state index in [1.165, 1.54) is 27.3 Å². The number of hydrogen-bond acceptors (Lipinski definition) is 14. The molecule has 18 heteroatoms. The van der Waals surface area contributed by atoms with Gasteiger partial charge in [0.1, 0.15) is 0 Å². The van der Waals surface area contributed by atoms with Crippen LogP contribution in [-0.2, 0) is 0 Å². The van der Waals surface area contributed by atoms with Crippen LogP contribution in [0.25, 0.3) is 72.0 Å². The number of benzene rings is 21. The van der Waals surface area contributed by atoms with Gasteiger partial charge in [0.15, 0.2) is 69.0 Å². The van der Waals surface area contributed by atoms with E-state index in [1.807, 2.05) is 11.8 Å². The Bertz CT molecular complexity index is 9530. The van der Waals surface area contributed by atoms with Crippen molar-refractivity contribution in [3.05, 3.63) is 419 Å². The highest BCUT2D eigenvalue weighted by Crippen LogP contribution is 2.67. The first-order valence-electron chi connectivity index (χ1n) is 49.2. The third-order valence-electron chi connectivity index (χ3n) is 31.9. The van der Waals surface area contributed by atoms with Crippen LogP contribution in [0.3, 0.4) is 0 Å². The molecule has 0 fully saturated rings. The number of para-hydroxylation sites is 18. The van der Waals surface area contributed by atoms with Crippen molar-refractivity contribution >= 4 is 222 Å². The molecule has 0 spiro atoms. The van der Waals surface area contributed by atoms with E-state index in [2.05, 4.69) is 457 Å². The maximum Gasteiger partial charge on any atom is 0.252 e.